The van der Waals surface area contributed by atoms with Gasteiger partial charge in [-0.3, -0.25) is 4.79 Å². The second kappa shape index (κ2) is 8.91. The van der Waals surface area contributed by atoms with Crippen molar-refractivity contribution in [3.05, 3.63) is 15.7 Å². The van der Waals surface area contributed by atoms with Crippen LogP contribution in [0.5, 0.6) is 5.75 Å². The summed E-state index contributed by atoms with van der Waals surface area (Å²) in [7, 11) is 1.68. The maximum Gasteiger partial charge on any atom is 0.410 e. The van der Waals surface area contributed by atoms with E-state index in [1.165, 1.54) is 0 Å². The van der Waals surface area contributed by atoms with Crippen LogP contribution in [0, 0.1) is 0 Å². The van der Waals surface area contributed by atoms with E-state index in [2.05, 4.69) is 18.8 Å². The molecule has 3 aliphatic rings. The van der Waals surface area contributed by atoms with Gasteiger partial charge in [-0.05, 0) is 41.0 Å². The third kappa shape index (κ3) is 4.38. The summed E-state index contributed by atoms with van der Waals surface area (Å²) in [6.07, 6.45) is 0.340. The number of piperazine rings is 1. The molecule has 0 spiro atoms. The van der Waals surface area contributed by atoms with Crippen LogP contribution in [0.3, 0.4) is 0 Å². The van der Waals surface area contributed by atoms with E-state index in [4.69, 9.17) is 37.4 Å². The number of aromatic nitrogens is 1. The van der Waals surface area contributed by atoms with Crippen LogP contribution in [0.1, 0.15) is 51.4 Å². The topological polar surface area (TPSA) is 84.4 Å². The average Bonchev–Trinajstić information content (AvgIpc) is 2.97. The summed E-state index contributed by atoms with van der Waals surface area (Å²) in [4.78, 5) is 36.4. The number of pyridine rings is 1. The Morgan fingerprint density at radius 2 is 1.91 bits per heavy atom. The monoisotopic (exact) mass is 514 g/mol. The van der Waals surface area contributed by atoms with Gasteiger partial charge in [0.2, 0.25) is 0 Å². The van der Waals surface area contributed by atoms with Crippen molar-refractivity contribution in [1.82, 2.24) is 14.8 Å². The standard InChI is InChI=1S/C23H32Cl2N4O5/c1-22(2,3)34-21(31)27-9-10-28-13(11-27)12-33-17-15(20(28)30)19(26-18(25)16(17)24)29-8-7-14(32-6)23(29,4)5/h13-14H,7-12H2,1-6H3. The first-order valence-corrected chi connectivity index (χ1v) is 12.2. The molecule has 2 fully saturated rings. The van der Waals surface area contributed by atoms with Crippen molar-refractivity contribution in [2.24, 2.45) is 0 Å². The fourth-order valence-corrected chi connectivity index (χ4v) is 5.31. The number of rotatable bonds is 2. The molecule has 0 saturated carbocycles. The molecule has 2 atom stereocenters. The largest absolute Gasteiger partial charge is 0.489 e. The van der Waals surface area contributed by atoms with Crippen LogP contribution in [0.4, 0.5) is 10.6 Å². The summed E-state index contributed by atoms with van der Waals surface area (Å²) < 4.78 is 17.3. The summed E-state index contributed by atoms with van der Waals surface area (Å²) in [5, 5.41) is 0.188. The molecule has 0 radical (unpaired) electrons. The molecular weight excluding hydrogens is 483 g/mol. The van der Waals surface area contributed by atoms with Crippen LogP contribution >= 0.6 is 23.2 Å². The highest BCUT2D eigenvalue weighted by molar-refractivity contribution is 6.42. The SMILES string of the molecule is COC1CCN(c2nc(Cl)c(Cl)c3c2C(=O)N2CCN(C(=O)OC(C)(C)C)CC2CO3)C1(C)C. The number of methoxy groups -OCH3 is 1. The maximum absolute atomic E-state index is 13.9. The Morgan fingerprint density at radius 3 is 2.53 bits per heavy atom. The van der Waals surface area contributed by atoms with Gasteiger partial charge in [-0.25, -0.2) is 9.78 Å². The first-order chi connectivity index (χ1) is 15.8. The lowest BCUT2D eigenvalue weighted by Gasteiger charge is -2.40. The smallest absolute Gasteiger partial charge is 0.410 e. The van der Waals surface area contributed by atoms with Crippen molar-refractivity contribution in [1.29, 1.82) is 0 Å². The van der Waals surface area contributed by atoms with Gasteiger partial charge < -0.3 is 28.9 Å². The molecule has 188 valence electrons. The van der Waals surface area contributed by atoms with E-state index in [1.54, 1.807) is 16.9 Å². The zero-order valence-electron chi connectivity index (χ0n) is 20.5. The van der Waals surface area contributed by atoms with Gasteiger partial charge in [-0.2, -0.15) is 0 Å². The highest BCUT2D eigenvalue weighted by Gasteiger charge is 2.47. The van der Waals surface area contributed by atoms with Crippen LogP contribution in [0.2, 0.25) is 10.2 Å². The first kappa shape index (κ1) is 25.1. The number of ether oxygens (including phenoxy) is 3. The highest BCUT2D eigenvalue weighted by atomic mass is 35.5. The molecule has 0 N–H and O–H groups in total. The molecule has 1 aromatic rings. The van der Waals surface area contributed by atoms with Gasteiger partial charge >= 0.3 is 6.09 Å². The number of amides is 2. The van der Waals surface area contributed by atoms with Crippen LogP contribution in [0.15, 0.2) is 0 Å². The number of carbonyl (C=O) groups excluding carboxylic acids is 2. The molecule has 1 aromatic heterocycles. The minimum atomic E-state index is -0.604. The van der Waals surface area contributed by atoms with Crippen LogP contribution in [-0.4, -0.2) is 90.0 Å². The van der Waals surface area contributed by atoms with Gasteiger partial charge in [0.1, 0.15) is 28.6 Å². The van der Waals surface area contributed by atoms with Crippen LogP contribution < -0.4 is 9.64 Å². The number of nitrogens with zero attached hydrogens (tertiary/aromatic N) is 4. The number of anilines is 1. The molecule has 2 unspecified atom stereocenters. The van der Waals surface area contributed by atoms with E-state index in [0.717, 1.165) is 6.42 Å². The van der Waals surface area contributed by atoms with E-state index in [1.807, 2.05) is 25.7 Å². The van der Waals surface area contributed by atoms with Gasteiger partial charge in [-0.15, -0.1) is 0 Å². The number of carbonyl (C=O) groups is 2. The average molecular weight is 515 g/mol. The second-order valence-corrected chi connectivity index (χ2v) is 11.2. The fourth-order valence-electron chi connectivity index (χ4n) is 4.95. The molecule has 11 heteroatoms. The van der Waals surface area contributed by atoms with Gasteiger partial charge in [0, 0.05) is 33.3 Å². The van der Waals surface area contributed by atoms with Crippen molar-refractivity contribution in [3.8, 4) is 5.75 Å². The molecule has 34 heavy (non-hydrogen) atoms. The van der Waals surface area contributed by atoms with E-state index in [0.29, 0.717) is 37.6 Å². The maximum atomic E-state index is 13.9. The quantitative estimate of drug-likeness (QED) is 0.554. The second-order valence-electron chi connectivity index (χ2n) is 10.5. The number of hydrogen-bond donors (Lipinski definition) is 0. The summed E-state index contributed by atoms with van der Waals surface area (Å²) in [5.74, 6) is 0.435. The number of halogens is 2. The number of hydrogen-bond acceptors (Lipinski definition) is 7. The summed E-state index contributed by atoms with van der Waals surface area (Å²) >= 11 is 12.9. The molecule has 3 aliphatic heterocycles. The van der Waals surface area contributed by atoms with Crippen molar-refractivity contribution in [3.63, 3.8) is 0 Å². The minimum absolute atomic E-state index is 0.0358. The van der Waals surface area contributed by atoms with E-state index in [-0.39, 0.29) is 40.6 Å². The van der Waals surface area contributed by atoms with Crippen molar-refractivity contribution in [2.45, 2.75) is 64.3 Å². The van der Waals surface area contributed by atoms with Gasteiger partial charge in [0.15, 0.2) is 10.9 Å². The zero-order valence-corrected chi connectivity index (χ0v) is 22.0. The van der Waals surface area contributed by atoms with Crippen molar-refractivity contribution < 1.29 is 23.8 Å². The molecule has 0 aromatic carbocycles. The Kier molecular flexibility index (Phi) is 6.59. The Morgan fingerprint density at radius 1 is 1.21 bits per heavy atom. The third-order valence-corrected chi connectivity index (χ3v) is 7.42. The van der Waals surface area contributed by atoms with Crippen LogP contribution in [-0.2, 0) is 9.47 Å². The van der Waals surface area contributed by atoms with Gasteiger partial charge in [0.25, 0.3) is 5.91 Å². The third-order valence-electron chi connectivity index (χ3n) is 6.70. The normalized spacial score (nSPS) is 24.4. The van der Waals surface area contributed by atoms with E-state index < -0.39 is 17.2 Å². The molecule has 4 heterocycles. The molecule has 4 rings (SSSR count). The van der Waals surface area contributed by atoms with Crippen molar-refractivity contribution >= 4 is 41.0 Å². The molecule has 9 nitrogen and oxygen atoms in total. The summed E-state index contributed by atoms with van der Waals surface area (Å²) in [5.41, 5.74) is -0.727. The number of fused-ring (bicyclic) bond motifs is 2. The summed E-state index contributed by atoms with van der Waals surface area (Å²) in [6, 6.07) is -0.359. The van der Waals surface area contributed by atoms with E-state index >= 15 is 0 Å². The lowest BCUT2D eigenvalue weighted by atomic mass is 9.98. The summed E-state index contributed by atoms with van der Waals surface area (Å²) in [6.45, 7) is 11.4. The Hall–Kier alpha value is -1.97. The minimum Gasteiger partial charge on any atom is -0.489 e. The fraction of sp³-hybridized carbons (Fsp3) is 0.696. The van der Waals surface area contributed by atoms with E-state index in [9.17, 15) is 9.59 Å². The highest BCUT2D eigenvalue weighted by Crippen LogP contribution is 2.45. The molecule has 2 saturated heterocycles. The van der Waals surface area contributed by atoms with Crippen molar-refractivity contribution in [2.75, 3.05) is 44.8 Å². The first-order valence-electron chi connectivity index (χ1n) is 11.5. The Labute approximate surface area is 210 Å². The zero-order chi connectivity index (χ0) is 25.0. The molecule has 2 amide bonds. The molecule has 0 bridgehead atoms. The molecule has 0 aliphatic carbocycles. The molecular formula is C23H32Cl2N4O5. The predicted octanol–water partition coefficient (Wildman–Crippen LogP) is 3.85. The van der Waals surface area contributed by atoms with Gasteiger partial charge in [0.05, 0.1) is 17.7 Å². The lowest BCUT2D eigenvalue weighted by molar-refractivity contribution is 0.000951. The Balaban J connectivity index is 1.68. The van der Waals surface area contributed by atoms with Crippen LogP contribution in [0.25, 0.3) is 0 Å². The Bertz CT molecular complexity index is 997. The predicted molar refractivity (Wildman–Crippen MR) is 129 cm³/mol. The van der Waals surface area contributed by atoms with Gasteiger partial charge in [-0.1, -0.05) is 23.2 Å². The lowest BCUT2D eigenvalue weighted by Crippen LogP contribution is -2.58.